The molecule has 7 heteroatoms. The summed E-state index contributed by atoms with van der Waals surface area (Å²) in [7, 11) is 1.63. The van der Waals surface area contributed by atoms with Gasteiger partial charge in [0.05, 0.1) is 4.92 Å². The van der Waals surface area contributed by atoms with Gasteiger partial charge in [0, 0.05) is 19.7 Å². The molecule has 1 aromatic rings. The Kier molecular flexibility index (Phi) is 5.23. The lowest BCUT2D eigenvalue weighted by Crippen LogP contribution is -2.26. The van der Waals surface area contributed by atoms with Crippen LogP contribution in [0.1, 0.15) is 30.6 Å². The van der Waals surface area contributed by atoms with E-state index in [4.69, 9.17) is 0 Å². The Morgan fingerprint density at radius 2 is 2.21 bits per heavy atom. The van der Waals surface area contributed by atoms with E-state index in [-0.39, 0.29) is 11.3 Å². The molecular weight excluding hydrogens is 248 g/mol. The number of nitrogens with zero attached hydrogens (tertiary/aromatic N) is 2. The summed E-state index contributed by atoms with van der Waals surface area (Å²) in [6.07, 6.45) is 1.91. The van der Waals surface area contributed by atoms with Crippen LogP contribution < -0.4 is 10.6 Å². The van der Waals surface area contributed by atoms with Gasteiger partial charge in [-0.1, -0.05) is 13.8 Å². The lowest BCUT2D eigenvalue weighted by Gasteiger charge is -2.08. The maximum atomic E-state index is 11.9. The van der Waals surface area contributed by atoms with Crippen LogP contribution in [-0.4, -0.2) is 29.4 Å². The van der Waals surface area contributed by atoms with Gasteiger partial charge in [0.15, 0.2) is 0 Å². The van der Waals surface area contributed by atoms with Gasteiger partial charge < -0.3 is 10.6 Å². The van der Waals surface area contributed by atoms with Crippen LogP contribution in [0, 0.1) is 16.0 Å². The second kappa shape index (κ2) is 6.67. The largest absolute Gasteiger partial charge is 0.373 e. The van der Waals surface area contributed by atoms with Crippen molar-refractivity contribution in [2.75, 3.05) is 18.9 Å². The summed E-state index contributed by atoms with van der Waals surface area (Å²) in [5, 5.41) is 16.3. The number of nitro groups is 1. The second-order valence-corrected chi connectivity index (χ2v) is 4.53. The minimum absolute atomic E-state index is 0.0214. The first-order valence-electron chi connectivity index (χ1n) is 6.06. The van der Waals surface area contributed by atoms with E-state index in [1.54, 1.807) is 7.05 Å². The Balaban J connectivity index is 2.89. The van der Waals surface area contributed by atoms with Crippen molar-refractivity contribution in [1.29, 1.82) is 0 Å². The van der Waals surface area contributed by atoms with Crippen molar-refractivity contribution in [3.05, 3.63) is 27.9 Å². The minimum atomic E-state index is -0.607. The molecule has 7 nitrogen and oxygen atoms in total. The summed E-state index contributed by atoms with van der Waals surface area (Å²) >= 11 is 0. The van der Waals surface area contributed by atoms with Crippen LogP contribution in [0.4, 0.5) is 11.5 Å². The van der Waals surface area contributed by atoms with Crippen molar-refractivity contribution in [2.24, 2.45) is 5.92 Å². The molecule has 0 fully saturated rings. The van der Waals surface area contributed by atoms with Crippen LogP contribution in [0.3, 0.4) is 0 Å². The summed E-state index contributed by atoms with van der Waals surface area (Å²) in [4.78, 5) is 26.1. The van der Waals surface area contributed by atoms with E-state index >= 15 is 0 Å². The molecule has 0 spiro atoms. The normalized spacial score (nSPS) is 10.3. The molecule has 2 N–H and O–H groups in total. The van der Waals surface area contributed by atoms with Gasteiger partial charge in [0.1, 0.15) is 17.6 Å². The first kappa shape index (κ1) is 14.9. The van der Waals surface area contributed by atoms with E-state index in [2.05, 4.69) is 15.6 Å². The third kappa shape index (κ3) is 4.20. The first-order chi connectivity index (χ1) is 8.95. The predicted molar refractivity (Wildman–Crippen MR) is 72.2 cm³/mol. The van der Waals surface area contributed by atoms with Gasteiger partial charge in [-0.3, -0.25) is 14.9 Å². The van der Waals surface area contributed by atoms with E-state index in [1.165, 1.54) is 6.07 Å². The van der Waals surface area contributed by atoms with Gasteiger partial charge in [-0.2, -0.15) is 0 Å². The van der Waals surface area contributed by atoms with Gasteiger partial charge >= 0.3 is 0 Å². The highest BCUT2D eigenvalue weighted by atomic mass is 16.6. The Morgan fingerprint density at radius 1 is 1.53 bits per heavy atom. The summed E-state index contributed by atoms with van der Waals surface area (Å²) < 4.78 is 0. The number of nitrogens with one attached hydrogen (secondary N) is 2. The van der Waals surface area contributed by atoms with Gasteiger partial charge in [0.2, 0.25) is 0 Å². The van der Waals surface area contributed by atoms with Crippen LogP contribution >= 0.6 is 0 Å². The van der Waals surface area contributed by atoms with Crippen LogP contribution in [0.5, 0.6) is 0 Å². The van der Waals surface area contributed by atoms with Gasteiger partial charge in [-0.25, -0.2) is 4.98 Å². The molecule has 0 unspecified atom stereocenters. The second-order valence-electron chi connectivity index (χ2n) is 4.53. The average Bonchev–Trinajstić information content (AvgIpc) is 2.37. The smallest absolute Gasteiger partial charge is 0.300 e. The third-order valence-electron chi connectivity index (χ3n) is 2.59. The van der Waals surface area contributed by atoms with E-state index in [0.717, 1.165) is 12.6 Å². The zero-order chi connectivity index (χ0) is 14.4. The number of carbonyl (C=O) groups excluding carboxylic acids is 1. The molecule has 0 bridgehead atoms. The van der Waals surface area contributed by atoms with Crippen molar-refractivity contribution in [3.8, 4) is 0 Å². The number of rotatable bonds is 6. The first-order valence-corrected chi connectivity index (χ1v) is 6.06. The molecule has 1 rings (SSSR count). The van der Waals surface area contributed by atoms with Crippen LogP contribution in [0.15, 0.2) is 12.3 Å². The summed E-state index contributed by atoms with van der Waals surface area (Å²) in [5.41, 5.74) is -0.269. The molecular formula is C12H18N4O3. The Hall–Kier alpha value is -2.18. The molecule has 19 heavy (non-hydrogen) atoms. The van der Waals surface area contributed by atoms with E-state index in [1.807, 2.05) is 13.8 Å². The summed E-state index contributed by atoms with van der Waals surface area (Å²) in [6, 6.07) is 1.38. The zero-order valence-corrected chi connectivity index (χ0v) is 11.3. The van der Waals surface area contributed by atoms with Crippen LogP contribution in [0.25, 0.3) is 0 Å². The monoisotopic (exact) mass is 266 g/mol. The number of aromatic nitrogens is 1. The van der Waals surface area contributed by atoms with E-state index in [9.17, 15) is 14.9 Å². The number of hydrogen-bond donors (Lipinski definition) is 2. The molecule has 0 saturated carbocycles. The SMILES string of the molecule is CNc1cc(C(=O)NCCC(C)C)c([N+](=O)[O-])cn1. The molecule has 0 atom stereocenters. The molecule has 1 heterocycles. The molecule has 1 amide bonds. The number of hydrogen-bond acceptors (Lipinski definition) is 5. The molecule has 0 saturated heterocycles. The topological polar surface area (TPSA) is 97.2 Å². The van der Waals surface area contributed by atoms with E-state index in [0.29, 0.717) is 18.3 Å². The fourth-order valence-electron chi connectivity index (χ4n) is 1.48. The minimum Gasteiger partial charge on any atom is -0.373 e. The Morgan fingerprint density at radius 3 is 2.74 bits per heavy atom. The fourth-order valence-corrected chi connectivity index (χ4v) is 1.48. The van der Waals surface area contributed by atoms with Gasteiger partial charge in [-0.05, 0) is 12.3 Å². The molecule has 104 valence electrons. The van der Waals surface area contributed by atoms with Crippen molar-refractivity contribution in [3.63, 3.8) is 0 Å². The molecule has 0 aliphatic heterocycles. The van der Waals surface area contributed by atoms with Gasteiger partial charge in [0.25, 0.3) is 11.6 Å². The van der Waals surface area contributed by atoms with Crippen molar-refractivity contribution < 1.29 is 9.72 Å². The van der Waals surface area contributed by atoms with Crippen LogP contribution in [0.2, 0.25) is 0 Å². The number of pyridine rings is 1. The standard InChI is InChI=1S/C12H18N4O3/c1-8(2)4-5-14-12(17)9-6-11(13-3)15-7-10(9)16(18)19/h6-8H,4-5H2,1-3H3,(H,13,15)(H,14,17). The predicted octanol–water partition coefficient (Wildman–Crippen LogP) is 1.81. The highest BCUT2D eigenvalue weighted by molar-refractivity contribution is 5.98. The Labute approximate surface area is 111 Å². The maximum absolute atomic E-state index is 11.9. The highest BCUT2D eigenvalue weighted by Crippen LogP contribution is 2.19. The highest BCUT2D eigenvalue weighted by Gasteiger charge is 2.21. The lowest BCUT2D eigenvalue weighted by molar-refractivity contribution is -0.385. The van der Waals surface area contributed by atoms with Gasteiger partial charge in [-0.15, -0.1) is 0 Å². The molecule has 1 aromatic heterocycles. The van der Waals surface area contributed by atoms with Crippen LogP contribution in [-0.2, 0) is 0 Å². The van der Waals surface area contributed by atoms with Crippen molar-refractivity contribution >= 4 is 17.4 Å². The molecule has 0 aromatic carbocycles. The Bertz CT molecular complexity index is 474. The number of carbonyl (C=O) groups is 1. The molecule has 0 radical (unpaired) electrons. The van der Waals surface area contributed by atoms with E-state index < -0.39 is 10.8 Å². The zero-order valence-electron chi connectivity index (χ0n) is 11.3. The summed E-state index contributed by atoms with van der Waals surface area (Å²) in [6.45, 7) is 4.57. The van der Waals surface area contributed by atoms with Crippen molar-refractivity contribution in [2.45, 2.75) is 20.3 Å². The number of amides is 1. The number of anilines is 1. The average molecular weight is 266 g/mol. The fraction of sp³-hybridized carbons (Fsp3) is 0.500. The van der Waals surface area contributed by atoms with Crippen molar-refractivity contribution in [1.82, 2.24) is 10.3 Å². The lowest BCUT2D eigenvalue weighted by atomic mass is 10.1. The molecule has 0 aliphatic rings. The summed E-state index contributed by atoms with van der Waals surface area (Å²) in [5.74, 6) is 0.423. The third-order valence-corrected chi connectivity index (χ3v) is 2.59. The molecule has 0 aliphatic carbocycles. The quantitative estimate of drug-likeness (QED) is 0.604. The maximum Gasteiger partial charge on any atom is 0.300 e.